The van der Waals surface area contributed by atoms with Crippen molar-refractivity contribution in [1.29, 1.82) is 0 Å². The summed E-state index contributed by atoms with van der Waals surface area (Å²) in [5, 5.41) is 7.18. The van der Waals surface area contributed by atoms with Gasteiger partial charge in [-0.2, -0.15) is 0 Å². The first-order chi connectivity index (χ1) is 14.9. The number of carbonyl (C=O) groups is 1. The molecule has 0 spiro atoms. The average molecular weight is 467 g/mol. The number of halogens is 3. The number of amides is 1. The van der Waals surface area contributed by atoms with E-state index in [1.165, 1.54) is 4.90 Å². The Morgan fingerprint density at radius 2 is 2.06 bits per heavy atom. The summed E-state index contributed by atoms with van der Waals surface area (Å²) < 4.78 is 38.0. The highest BCUT2D eigenvalue weighted by atomic mass is 35.5. The summed E-state index contributed by atoms with van der Waals surface area (Å²) in [5.74, 6) is -1.11. The molecule has 0 fully saturated rings. The maximum absolute atomic E-state index is 13.7. The molecule has 0 aliphatic carbocycles. The first-order valence-electron chi connectivity index (χ1n) is 9.26. The highest BCUT2D eigenvalue weighted by molar-refractivity contribution is 8.00. The summed E-state index contributed by atoms with van der Waals surface area (Å²) in [6.45, 7) is 0.890. The Labute approximate surface area is 185 Å². The van der Waals surface area contributed by atoms with Gasteiger partial charge in [0.25, 0.3) is 0 Å². The van der Waals surface area contributed by atoms with Gasteiger partial charge in [-0.3, -0.25) is 4.79 Å². The van der Waals surface area contributed by atoms with Crippen LogP contribution in [0.5, 0.6) is 5.75 Å². The molecule has 4 rings (SSSR count). The zero-order valence-corrected chi connectivity index (χ0v) is 17.7. The molecule has 0 bridgehead atoms. The van der Waals surface area contributed by atoms with Crippen LogP contribution in [0.4, 0.5) is 14.8 Å². The number of benzene rings is 2. The van der Waals surface area contributed by atoms with Crippen LogP contribution in [0.25, 0.3) is 0 Å². The van der Waals surface area contributed by atoms with Crippen LogP contribution in [0.1, 0.15) is 17.0 Å². The summed E-state index contributed by atoms with van der Waals surface area (Å²) in [7, 11) is 0. The van der Waals surface area contributed by atoms with Gasteiger partial charge in [0.05, 0.1) is 23.9 Å². The lowest BCUT2D eigenvalue weighted by Gasteiger charge is -2.21. The Morgan fingerprint density at radius 3 is 2.84 bits per heavy atom. The molecule has 11 heteroatoms. The lowest BCUT2D eigenvalue weighted by Crippen LogP contribution is -2.31. The van der Waals surface area contributed by atoms with Crippen LogP contribution < -0.4 is 10.5 Å². The molecule has 1 aliphatic heterocycles. The minimum Gasteiger partial charge on any atom is -0.493 e. The molecule has 1 aliphatic rings. The Bertz CT molecular complexity index is 1130. The topological polar surface area (TPSA) is 94.5 Å². The fourth-order valence-electron chi connectivity index (χ4n) is 3.12. The number of anilines is 1. The number of thioether (sulfide) groups is 1. The molecular formula is C20H17ClF2N4O3S. The third-order valence-electron chi connectivity index (χ3n) is 4.61. The Morgan fingerprint density at radius 1 is 1.23 bits per heavy atom. The predicted molar refractivity (Wildman–Crippen MR) is 111 cm³/mol. The highest BCUT2D eigenvalue weighted by Crippen LogP contribution is 2.31. The third kappa shape index (κ3) is 5.08. The van der Waals surface area contributed by atoms with Gasteiger partial charge in [0.15, 0.2) is 0 Å². The smallest absolute Gasteiger partial charge is 0.312 e. The van der Waals surface area contributed by atoms with E-state index in [2.05, 4.69) is 10.2 Å². The fourth-order valence-corrected chi connectivity index (χ4v) is 4.28. The van der Waals surface area contributed by atoms with Gasteiger partial charge in [-0.15, -0.1) is 16.9 Å². The molecule has 2 aromatic carbocycles. The van der Waals surface area contributed by atoms with Crippen molar-refractivity contribution in [3.63, 3.8) is 0 Å². The van der Waals surface area contributed by atoms with E-state index in [-0.39, 0.29) is 46.6 Å². The molecule has 1 amide bonds. The Hall–Kier alpha value is -2.85. The van der Waals surface area contributed by atoms with Crippen molar-refractivity contribution in [2.45, 2.75) is 24.4 Å². The molecule has 0 saturated heterocycles. The molecule has 0 atom stereocenters. The van der Waals surface area contributed by atoms with Crippen molar-refractivity contribution >= 4 is 35.3 Å². The molecule has 0 radical (unpaired) electrons. The monoisotopic (exact) mass is 466 g/mol. The number of hydrogen-bond donors (Lipinski definition) is 1. The van der Waals surface area contributed by atoms with Gasteiger partial charge in [-0.05, 0) is 23.3 Å². The van der Waals surface area contributed by atoms with Crippen LogP contribution in [0.3, 0.4) is 0 Å². The van der Waals surface area contributed by atoms with Crippen LogP contribution in [0.15, 0.2) is 39.6 Å². The van der Waals surface area contributed by atoms with Crippen molar-refractivity contribution in [3.05, 3.63) is 64.0 Å². The maximum Gasteiger partial charge on any atom is 0.312 e. The largest absolute Gasteiger partial charge is 0.493 e. The van der Waals surface area contributed by atoms with E-state index >= 15 is 0 Å². The number of rotatable bonds is 7. The predicted octanol–water partition coefficient (Wildman–Crippen LogP) is 3.84. The summed E-state index contributed by atoms with van der Waals surface area (Å²) in [4.78, 5) is 14.6. The van der Waals surface area contributed by atoms with Gasteiger partial charge in [-0.25, -0.2) is 8.78 Å². The minimum absolute atomic E-state index is 0.0206. The Balaban J connectivity index is 1.51. The first kappa shape index (κ1) is 21.4. The zero-order chi connectivity index (χ0) is 22.0. The molecular weight excluding hydrogens is 450 g/mol. The van der Waals surface area contributed by atoms with Crippen molar-refractivity contribution < 1.29 is 22.7 Å². The molecule has 2 heterocycles. The number of aromatic nitrogens is 2. The van der Waals surface area contributed by atoms with E-state index in [9.17, 15) is 13.6 Å². The number of nitrogens with two attached hydrogens (primary N) is 1. The number of fused-ring (bicyclic) bond motifs is 1. The lowest BCUT2D eigenvalue weighted by molar-refractivity contribution is -0.129. The van der Waals surface area contributed by atoms with E-state index in [4.69, 9.17) is 26.5 Å². The summed E-state index contributed by atoms with van der Waals surface area (Å²) >= 11 is 6.84. The Kier molecular flexibility index (Phi) is 6.28. The van der Waals surface area contributed by atoms with Gasteiger partial charge < -0.3 is 19.8 Å². The molecule has 0 saturated carbocycles. The summed E-state index contributed by atoms with van der Waals surface area (Å²) in [6, 6.07) is 7.44. The van der Waals surface area contributed by atoms with E-state index in [0.717, 1.165) is 41.1 Å². The molecule has 31 heavy (non-hydrogen) atoms. The van der Waals surface area contributed by atoms with Gasteiger partial charge in [0.1, 0.15) is 17.4 Å². The summed E-state index contributed by atoms with van der Waals surface area (Å²) in [5.41, 5.74) is 7.44. The summed E-state index contributed by atoms with van der Waals surface area (Å²) in [6.07, 6.45) is 0.848. The standard InChI is InChI=1S/C20H17ClF2N4O3S/c21-19-14(23)6-13(22)7-16(19)31-10-18(28)27(9-17-25-26-20(24)30-17)8-11-1-2-12-3-4-29-15(12)5-11/h1-2,5-7H,3-4,8-10H2,(H2,24,26). The molecule has 3 aromatic rings. The van der Waals surface area contributed by atoms with Crippen LogP contribution in [0, 0.1) is 11.6 Å². The van der Waals surface area contributed by atoms with Crippen molar-refractivity contribution in [1.82, 2.24) is 15.1 Å². The number of ether oxygens (including phenoxy) is 1. The van der Waals surface area contributed by atoms with Gasteiger partial charge in [0.2, 0.25) is 11.8 Å². The van der Waals surface area contributed by atoms with E-state index in [0.29, 0.717) is 12.7 Å². The van der Waals surface area contributed by atoms with E-state index < -0.39 is 11.6 Å². The molecule has 1 aromatic heterocycles. The quantitative estimate of drug-likeness (QED) is 0.417. The zero-order valence-electron chi connectivity index (χ0n) is 16.1. The van der Waals surface area contributed by atoms with E-state index in [1.54, 1.807) is 0 Å². The average Bonchev–Trinajstić information content (AvgIpc) is 3.37. The van der Waals surface area contributed by atoms with Crippen molar-refractivity contribution in [2.24, 2.45) is 0 Å². The highest BCUT2D eigenvalue weighted by Gasteiger charge is 2.21. The second kappa shape index (κ2) is 9.11. The van der Waals surface area contributed by atoms with Crippen LogP contribution >= 0.6 is 23.4 Å². The van der Waals surface area contributed by atoms with Crippen LogP contribution in [0.2, 0.25) is 5.02 Å². The molecule has 162 valence electrons. The van der Waals surface area contributed by atoms with Gasteiger partial charge in [-0.1, -0.05) is 28.8 Å². The number of hydrogen-bond acceptors (Lipinski definition) is 7. The van der Waals surface area contributed by atoms with Gasteiger partial charge >= 0.3 is 6.01 Å². The lowest BCUT2D eigenvalue weighted by atomic mass is 10.1. The first-order valence-corrected chi connectivity index (χ1v) is 10.6. The number of nitrogen functional groups attached to an aromatic ring is 1. The number of carbonyl (C=O) groups excluding carboxylic acids is 1. The normalized spacial score (nSPS) is 12.5. The SMILES string of the molecule is Nc1nnc(CN(Cc2ccc3c(c2)OCC3)C(=O)CSc2cc(F)cc(F)c2Cl)o1. The third-order valence-corrected chi connectivity index (χ3v) is 6.13. The fraction of sp³-hybridized carbons (Fsp3) is 0.250. The second-order valence-corrected chi connectivity index (χ2v) is 8.21. The van der Waals surface area contributed by atoms with Crippen molar-refractivity contribution in [3.8, 4) is 5.75 Å². The van der Waals surface area contributed by atoms with Crippen LogP contribution in [-0.4, -0.2) is 33.4 Å². The van der Waals surface area contributed by atoms with Crippen molar-refractivity contribution in [2.75, 3.05) is 18.1 Å². The minimum atomic E-state index is -0.882. The second-order valence-electron chi connectivity index (χ2n) is 6.81. The van der Waals surface area contributed by atoms with Gasteiger partial charge in [0, 0.05) is 23.9 Å². The molecule has 2 N–H and O–H groups in total. The molecule has 7 nitrogen and oxygen atoms in total. The molecule has 0 unspecified atom stereocenters. The number of nitrogens with zero attached hydrogens (tertiary/aromatic N) is 3. The van der Waals surface area contributed by atoms with Crippen LogP contribution in [-0.2, 0) is 24.3 Å². The van der Waals surface area contributed by atoms with E-state index in [1.807, 2.05) is 18.2 Å². The maximum atomic E-state index is 13.7.